The maximum atomic E-state index is 5.71. The number of benzene rings is 1. The number of nitrogens with zero attached hydrogens (tertiary/aromatic N) is 2. The maximum absolute atomic E-state index is 5.71. The van der Waals surface area contributed by atoms with Gasteiger partial charge in [-0.3, -0.25) is 0 Å². The van der Waals surface area contributed by atoms with Crippen molar-refractivity contribution in [2.24, 2.45) is 0 Å². The summed E-state index contributed by atoms with van der Waals surface area (Å²) in [6, 6.07) is 9.89. The SMILES string of the molecule is Cc1sc2ncnc(SCCOc3ccccc3)c2c1C. The summed E-state index contributed by atoms with van der Waals surface area (Å²) in [5, 5.41) is 2.25. The van der Waals surface area contributed by atoms with E-state index in [0.717, 1.165) is 21.4 Å². The molecule has 5 heteroatoms. The van der Waals surface area contributed by atoms with Crippen molar-refractivity contribution >= 4 is 33.3 Å². The average Bonchev–Trinajstić information content (AvgIpc) is 2.80. The lowest BCUT2D eigenvalue weighted by molar-refractivity contribution is 0.344. The quantitative estimate of drug-likeness (QED) is 0.395. The minimum Gasteiger partial charge on any atom is -0.493 e. The number of rotatable bonds is 5. The molecule has 108 valence electrons. The van der Waals surface area contributed by atoms with Crippen LogP contribution in [-0.4, -0.2) is 22.3 Å². The molecule has 0 spiro atoms. The zero-order valence-electron chi connectivity index (χ0n) is 12.0. The number of thioether (sulfide) groups is 1. The number of thiophene rings is 1. The number of aromatic nitrogens is 2. The second-order valence-corrected chi connectivity index (χ2v) is 6.94. The molecule has 0 fully saturated rings. The fourth-order valence-electron chi connectivity index (χ4n) is 2.07. The standard InChI is InChI=1S/C16H16N2OS2/c1-11-12(2)21-16-14(11)15(17-10-18-16)20-9-8-19-13-6-4-3-5-7-13/h3-7,10H,8-9H2,1-2H3. The predicted molar refractivity (Wildman–Crippen MR) is 89.6 cm³/mol. The molecule has 1 aromatic carbocycles. The number of aryl methyl sites for hydroxylation is 2. The van der Waals surface area contributed by atoms with Crippen molar-refractivity contribution in [1.82, 2.24) is 9.97 Å². The smallest absolute Gasteiger partial charge is 0.128 e. The van der Waals surface area contributed by atoms with E-state index in [9.17, 15) is 0 Å². The van der Waals surface area contributed by atoms with Crippen LogP contribution in [0.15, 0.2) is 41.7 Å². The molecule has 0 bridgehead atoms. The molecule has 0 aliphatic carbocycles. The topological polar surface area (TPSA) is 35.0 Å². The molecular weight excluding hydrogens is 300 g/mol. The van der Waals surface area contributed by atoms with Crippen LogP contribution in [0.1, 0.15) is 10.4 Å². The molecule has 0 N–H and O–H groups in total. The van der Waals surface area contributed by atoms with Crippen LogP contribution in [0.4, 0.5) is 0 Å². The zero-order chi connectivity index (χ0) is 14.7. The Bertz CT molecular complexity index is 741. The highest BCUT2D eigenvalue weighted by Crippen LogP contribution is 2.34. The van der Waals surface area contributed by atoms with Gasteiger partial charge in [0.05, 0.1) is 6.61 Å². The van der Waals surface area contributed by atoms with Crippen LogP contribution in [0.5, 0.6) is 5.75 Å². The Morgan fingerprint density at radius 1 is 1.14 bits per heavy atom. The van der Waals surface area contributed by atoms with Gasteiger partial charge in [0.25, 0.3) is 0 Å². The number of ether oxygens (including phenoxy) is 1. The second kappa shape index (κ2) is 6.45. The zero-order valence-corrected chi connectivity index (χ0v) is 13.6. The summed E-state index contributed by atoms with van der Waals surface area (Å²) in [5.41, 5.74) is 1.29. The van der Waals surface area contributed by atoms with Gasteiger partial charge in [-0.25, -0.2) is 9.97 Å². The highest BCUT2D eigenvalue weighted by atomic mass is 32.2. The first-order valence-corrected chi connectivity index (χ1v) is 8.57. The van der Waals surface area contributed by atoms with E-state index in [-0.39, 0.29) is 0 Å². The Hall–Kier alpha value is -1.59. The van der Waals surface area contributed by atoms with E-state index in [4.69, 9.17) is 4.74 Å². The van der Waals surface area contributed by atoms with Gasteiger partial charge in [-0.05, 0) is 31.5 Å². The predicted octanol–water partition coefficient (Wildman–Crippen LogP) is 4.48. The summed E-state index contributed by atoms with van der Waals surface area (Å²) in [5.74, 6) is 1.78. The molecule has 0 aliphatic heterocycles. The highest BCUT2D eigenvalue weighted by Gasteiger charge is 2.12. The van der Waals surface area contributed by atoms with Crippen molar-refractivity contribution in [2.75, 3.05) is 12.4 Å². The average molecular weight is 316 g/mol. The summed E-state index contributed by atoms with van der Waals surface area (Å²) in [4.78, 5) is 11.2. The number of fused-ring (bicyclic) bond motifs is 1. The largest absolute Gasteiger partial charge is 0.493 e. The summed E-state index contributed by atoms with van der Waals surface area (Å²) in [6.45, 7) is 4.94. The Kier molecular flexibility index (Phi) is 4.41. The minimum absolute atomic E-state index is 0.669. The van der Waals surface area contributed by atoms with Crippen LogP contribution in [0.2, 0.25) is 0 Å². The van der Waals surface area contributed by atoms with E-state index >= 15 is 0 Å². The number of para-hydroxylation sites is 1. The molecule has 0 saturated carbocycles. The van der Waals surface area contributed by atoms with Gasteiger partial charge in [0, 0.05) is 16.0 Å². The van der Waals surface area contributed by atoms with E-state index in [1.807, 2.05) is 30.3 Å². The van der Waals surface area contributed by atoms with Gasteiger partial charge in [0.15, 0.2) is 0 Å². The lowest BCUT2D eigenvalue weighted by atomic mass is 10.2. The van der Waals surface area contributed by atoms with Crippen molar-refractivity contribution in [2.45, 2.75) is 18.9 Å². The molecule has 2 heterocycles. The van der Waals surface area contributed by atoms with Gasteiger partial charge in [0.1, 0.15) is 21.9 Å². The molecule has 0 aliphatic rings. The van der Waals surface area contributed by atoms with Gasteiger partial charge in [0.2, 0.25) is 0 Å². The van der Waals surface area contributed by atoms with Crippen LogP contribution in [0.25, 0.3) is 10.2 Å². The molecule has 3 rings (SSSR count). The highest BCUT2D eigenvalue weighted by molar-refractivity contribution is 7.99. The maximum Gasteiger partial charge on any atom is 0.128 e. The molecule has 0 amide bonds. The van der Waals surface area contributed by atoms with Crippen molar-refractivity contribution < 1.29 is 4.74 Å². The molecule has 0 unspecified atom stereocenters. The summed E-state index contributed by atoms with van der Waals surface area (Å²) >= 11 is 3.46. The van der Waals surface area contributed by atoms with Crippen molar-refractivity contribution in [3.8, 4) is 5.75 Å². The summed E-state index contributed by atoms with van der Waals surface area (Å²) < 4.78 is 5.71. The van der Waals surface area contributed by atoms with Crippen molar-refractivity contribution in [3.63, 3.8) is 0 Å². The molecule has 0 saturated heterocycles. The van der Waals surface area contributed by atoms with E-state index in [1.165, 1.54) is 15.8 Å². The third-order valence-corrected chi connectivity index (χ3v) is 5.33. The van der Waals surface area contributed by atoms with E-state index in [0.29, 0.717) is 6.61 Å². The fraction of sp³-hybridized carbons (Fsp3) is 0.250. The number of hydrogen-bond acceptors (Lipinski definition) is 5. The molecule has 2 aromatic heterocycles. The summed E-state index contributed by atoms with van der Waals surface area (Å²) in [6.07, 6.45) is 1.65. The fourth-order valence-corrected chi connectivity index (χ4v) is 4.01. The van der Waals surface area contributed by atoms with Gasteiger partial charge >= 0.3 is 0 Å². The third-order valence-electron chi connectivity index (χ3n) is 3.26. The normalized spacial score (nSPS) is 11.0. The monoisotopic (exact) mass is 316 g/mol. The Labute approximate surface area is 132 Å². The first-order chi connectivity index (χ1) is 10.3. The molecule has 0 atom stereocenters. The first-order valence-electron chi connectivity index (χ1n) is 6.77. The Morgan fingerprint density at radius 3 is 2.76 bits per heavy atom. The van der Waals surface area contributed by atoms with E-state index in [2.05, 4.69) is 23.8 Å². The van der Waals surface area contributed by atoms with Crippen LogP contribution in [-0.2, 0) is 0 Å². The van der Waals surface area contributed by atoms with Gasteiger partial charge in [-0.2, -0.15) is 0 Å². The third kappa shape index (κ3) is 3.19. The first kappa shape index (κ1) is 14.4. The van der Waals surface area contributed by atoms with Gasteiger partial charge < -0.3 is 4.74 Å². The molecule has 3 nitrogen and oxygen atoms in total. The minimum atomic E-state index is 0.669. The molecule has 3 aromatic rings. The van der Waals surface area contributed by atoms with Crippen LogP contribution >= 0.6 is 23.1 Å². The Balaban J connectivity index is 1.66. The van der Waals surface area contributed by atoms with Crippen LogP contribution in [0.3, 0.4) is 0 Å². The number of hydrogen-bond donors (Lipinski definition) is 0. The van der Waals surface area contributed by atoms with E-state index in [1.54, 1.807) is 29.4 Å². The van der Waals surface area contributed by atoms with Crippen molar-refractivity contribution in [1.29, 1.82) is 0 Å². The van der Waals surface area contributed by atoms with Crippen molar-refractivity contribution in [3.05, 3.63) is 47.1 Å². The van der Waals surface area contributed by atoms with Crippen LogP contribution in [0, 0.1) is 13.8 Å². The second-order valence-electron chi connectivity index (χ2n) is 4.65. The van der Waals surface area contributed by atoms with Gasteiger partial charge in [-0.1, -0.05) is 18.2 Å². The molecule has 0 radical (unpaired) electrons. The Morgan fingerprint density at radius 2 is 1.95 bits per heavy atom. The molecule has 21 heavy (non-hydrogen) atoms. The lowest BCUT2D eigenvalue weighted by Crippen LogP contribution is -2.00. The van der Waals surface area contributed by atoms with Crippen LogP contribution < -0.4 is 4.74 Å². The van der Waals surface area contributed by atoms with Gasteiger partial charge in [-0.15, -0.1) is 23.1 Å². The lowest BCUT2D eigenvalue weighted by Gasteiger charge is -2.06. The van der Waals surface area contributed by atoms with E-state index < -0.39 is 0 Å². The summed E-state index contributed by atoms with van der Waals surface area (Å²) in [7, 11) is 0. The molecular formula is C16H16N2OS2.